The maximum absolute atomic E-state index is 13.6. The van der Waals surface area contributed by atoms with Crippen LogP contribution in [-0.4, -0.2) is 25.5 Å². The summed E-state index contributed by atoms with van der Waals surface area (Å²) in [5.41, 5.74) is -0.813. The van der Waals surface area contributed by atoms with Crippen LogP contribution in [0.5, 0.6) is 0 Å². The van der Waals surface area contributed by atoms with Gasteiger partial charge in [0.15, 0.2) is 0 Å². The van der Waals surface area contributed by atoms with E-state index in [-0.39, 0.29) is 17.7 Å². The first-order valence-electron chi connectivity index (χ1n) is 10.4. The Labute approximate surface area is 150 Å². The number of hydrogen-bond acceptors (Lipinski definition) is 3. The van der Waals surface area contributed by atoms with Crippen LogP contribution in [0.3, 0.4) is 0 Å². The lowest BCUT2D eigenvalue weighted by Crippen LogP contribution is -2.28. The Bertz CT molecular complexity index is 1000. The highest BCUT2D eigenvalue weighted by Gasteiger charge is 2.41. The van der Waals surface area contributed by atoms with Crippen molar-refractivity contribution in [3.8, 4) is 6.07 Å². The van der Waals surface area contributed by atoms with Crippen LogP contribution < -0.4 is 0 Å². The van der Waals surface area contributed by atoms with E-state index in [9.17, 15) is 9.65 Å². The zero-order valence-electron chi connectivity index (χ0n) is 19.4. The smallest absolute Gasteiger partial charge is 0.123 e. The van der Waals surface area contributed by atoms with Crippen molar-refractivity contribution in [2.24, 2.45) is 0 Å². The largest absolute Gasteiger partial charge is 0.361 e. The molecule has 0 aromatic heterocycles. The Balaban J connectivity index is 2.33. The van der Waals surface area contributed by atoms with Gasteiger partial charge in [0.1, 0.15) is 11.4 Å². The highest BCUT2D eigenvalue weighted by Crippen LogP contribution is 2.45. The summed E-state index contributed by atoms with van der Waals surface area (Å²) >= 11 is 0. The summed E-state index contributed by atoms with van der Waals surface area (Å²) in [6.07, 6.45) is -6.00. The summed E-state index contributed by atoms with van der Waals surface area (Å²) in [5.74, 6) is -0.556. The second-order valence-electron chi connectivity index (χ2n) is 5.72. The topological polar surface area (TPSA) is 36.3 Å². The van der Waals surface area contributed by atoms with Gasteiger partial charge in [-0.3, -0.25) is 0 Å². The Morgan fingerprint density at radius 1 is 1.29 bits per heavy atom. The lowest BCUT2D eigenvalue weighted by atomic mass is 9.81. The zero-order valence-corrected chi connectivity index (χ0v) is 13.4. The molecule has 0 saturated carbocycles. The van der Waals surface area contributed by atoms with Gasteiger partial charge in [-0.05, 0) is 74.3 Å². The molecule has 2 aromatic carbocycles. The van der Waals surface area contributed by atoms with Gasteiger partial charge in [-0.1, -0.05) is 18.2 Å². The summed E-state index contributed by atoms with van der Waals surface area (Å²) in [7, 11) is 2.64. The minimum Gasteiger partial charge on any atom is -0.361 e. The van der Waals surface area contributed by atoms with Crippen molar-refractivity contribution in [2.45, 2.75) is 25.0 Å². The number of benzene rings is 2. The molecule has 0 bridgehead atoms. The number of nitriles is 1. The van der Waals surface area contributed by atoms with Gasteiger partial charge in [0.25, 0.3) is 0 Å². The maximum Gasteiger partial charge on any atom is 0.123 e. The molecule has 0 saturated heterocycles. The molecular formula is C20H21FN2O. The fraction of sp³-hybridized carbons (Fsp3) is 0.350. The van der Waals surface area contributed by atoms with Crippen LogP contribution in [0, 0.1) is 17.1 Å². The highest BCUT2D eigenvalue weighted by molar-refractivity contribution is 5.47. The fourth-order valence-electron chi connectivity index (χ4n) is 2.72. The minimum atomic E-state index is -3.06. The van der Waals surface area contributed by atoms with Crippen molar-refractivity contribution < 1.29 is 17.4 Å². The fourth-order valence-corrected chi connectivity index (χ4v) is 2.72. The Morgan fingerprint density at radius 2 is 2.04 bits per heavy atom. The molecule has 4 heteroatoms. The molecule has 0 N–H and O–H groups in total. The van der Waals surface area contributed by atoms with E-state index >= 15 is 0 Å². The third kappa shape index (κ3) is 3.06. The van der Waals surface area contributed by atoms with E-state index in [0.717, 1.165) is 17.0 Å². The van der Waals surface area contributed by atoms with Crippen molar-refractivity contribution in [3.05, 3.63) is 70.5 Å². The van der Waals surface area contributed by atoms with E-state index in [4.69, 9.17) is 13.0 Å². The summed E-state index contributed by atoms with van der Waals surface area (Å²) in [6, 6.07) is 11.3. The number of rotatable bonds is 5. The summed E-state index contributed by atoms with van der Waals surface area (Å²) in [5, 5.41) is 9.18. The molecular weight excluding hydrogens is 303 g/mol. The van der Waals surface area contributed by atoms with Gasteiger partial charge < -0.3 is 9.64 Å². The summed E-state index contributed by atoms with van der Waals surface area (Å²) < 4.78 is 70.9. The van der Waals surface area contributed by atoms with Crippen LogP contribution in [0.25, 0.3) is 0 Å². The predicted molar refractivity (Wildman–Crippen MR) is 90.9 cm³/mol. The molecule has 0 amide bonds. The lowest BCUT2D eigenvalue weighted by Gasteiger charge is -2.31. The van der Waals surface area contributed by atoms with Gasteiger partial charge in [0.05, 0.1) is 18.2 Å². The summed E-state index contributed by atoms with van der Waals surface area (Å²) in [4.78, 5) is 0.970. The molecule has 1 aliphatic heterocycles. The molecule has 3 rings (SSSR count). The molecule has 24 heavy (non-hydrogen) atoms. The van der Waals surface area contributed by atoms with Crippen molar-refractivity contribution >= 4 is 0 Å². The SMILES string of the molecule is [2H]C([2H])(N(C)C)C([2H])([2H])C([2H])([2H])C1(c2ccc(F)cc2)OCc2cc(C#N)ccc21. The first-order valence-corrected chi connectivity index (χ1v) is 7.44. The number of halogens is 1. The first kappa shape index (κ1) is 10.6. The molecule has 0 fully saturated rings. The third-order valence-electron chi connectivity index (χ3n) is 3.83. The highest BCUT2D eigenvalue weighted by atomic mass is 19.1. The van der Waals surface area contributed by atoms with Crippen molar-refractivity contribution in [1.82, 2.24) is 4.90 Å². The molecule has 124 valence electrons. The van der Waals surface area contributed by atoms with E-state index in [1.165, 1.54) is 44.4 Å². The lowest BCUT2D eigenvalue weighted by molar-refractivity contribution is -0.0140. The molecule has 1 aliphatic rings. The summed E-state index contributed by atoms with van der Waals surface area (Å²) in [6.45, 7) is -2.81. The normalized spacial score (nSPS) is 24.8. The molecule has 1 heterocycles. The van der Waals surface area contributed by atoms with Crippen LogP contribution >= 0.6 is 0 Å². The van der Waals surface area contributed by atoms with Crippen molar-refractivity contribution in [2.75, 3.05) is 20.6 Å². The number of hydrogen-bond donors (Lipinski definition) is 0. The van der Waals surface area contributed by atoms with Gasteiger partial charge in [-0.25, -0.2) is 4.39 Å². The molecule has 0 spiro atoms. The van der Waals surface area contributed by atoms with Crippen LogP contribution in [0.15, 0.2) is 42.5 Å². The van der Waals surface area contributed by atoms with Gasteiger partial charge in [-0.15, -0.1) is 0 Å². The Morgan fingerprint density at radius 3 is 2.71 bits per heavy atom. The van der Waals surface area contributed by atoms with Gasteiger partial charge >= 0.3 is 0 Å². The standard InChI is InChI=1S/C20H21FN2O/c1-23(2)11-3-10-20(17-5-7-18(21)8-6-17)19-9-4-15(13-22)12-16(19)14-24-20/h4-9,12H,3,10-11,14H2,1-2H3/i3D2,10D2,11D2. The van der Waals surface area contributed by atoms with E-state index in [1.54, 1.807) is 0 Å². The first-order chi connectivity index (χ1) is 13.8. The van der Waals surface area contributed by atoms with Gasteiger partial charge in [0.2, 0.25) is 0 Å². The Hall–Kier alpha value is -2.22. The van der Waals surface area contributed by atoms with Gasteiger partial charge in [0, 0.05) is 8.22 Å². The zero-order chi connectivity index (χ0) is 22.5. The van der Waals surface area contributed by atoms with Crippen LogP contribution in [0.2, 0.25) is 0 Å². The van der Waals surface area contributed by atoms with E-state index in [0.29, 0.717) is 11.1 Å². The molecule has 1 unspecified atom stereocenters. The van der Waals surface area contributed by atoms with Crippen molar-refractivity contribution in [3.63, 3.8) is 0 Å². The average Bonchev–Trinajstić information content (AvgIpc) is 3.08. The average molecular weight is 330 g/mol. The number of nitrogens with zero attached hydrogens (tertiary/aromatic N) is 2. The molecule has 1 atom stereocenters. The van der Waals surface area contributed by atoms with E-state index in [1.807, 2.05) is 6.07 Å². The van der Waals surface area contributed by atoms with Gasteiger partial charge in [-0.2, -0.15) is 5.26 Å². The van der Waals surface area contributed by atoms with Crippen LogP contribution in [0.4, 0.5) is 4.39 Å². The van der Waals surface area contributed by atoms with Crippen LogP contribution in [0.1, 0.15) is 43.2 Å². The second kappa shape index (κ2) is 6.72. The van der Waals surface area contributed by atoms with E-state index < -0.39 is 30.7 Å². The molecule has 0 aliphatic carbocycles. The van der Waals surface area contributed by atoms with E-state index in [2.05, 4.69) is 0 Å². The monoisotopic (exact) mass is 330 g/mol. The minimum absolute atomic E-state index is 0.108. The van der Waals surface area contributed by atoms with Crippen LogP contribution in [-0.2, 0) is 16.9 Å². The third-order valence-corrected chi connectivity index (χ3v) is 3.83. The number of ether oxygens (including phenoxy) is 1. The maximum atomic E-state index is 13.6. The quantitative estimate of drug-likeness (QED) is 0.836. The molecule has 0 radical (unpaired) electrons. The predicted octanol–water partition coefficient (Wildman–Crippen LogP) is 3.81. The second-order valence-corrected chi connectivity index (χ2v) is 5.72. The molecule has 2 aromatic rings. The Kier molecular flexibility index (Phi) is 2.97. The molecule has 3 nitrogen and oxygen atoms in total. The number of fused-ring (bicyclic) bond motifs is 1. The van der Waals surface area contributed by atoms with Crippen molar-refractivity contribution in [1.29, 1.82) is 5.26 Å².